The molecule has 0 amide bonds. The molecule has 21 heavy (non-hydrogen) atoms. The van der Waals surface area contributed by atoms with E-state index in [1.165, 1.54) is 44.6 Å². The molecule has 2 aromatic rings. The minimum absolute atomic E-state index is 0.248. The first-order valence-electron chi connectivity index (χ1n) is 8.22. The maximum absolute atomic E-state index is 13.8. The van der Waals surface area contributed by atoms with Crippen LogP contribution in [0.2, 0.25) is 0 Å². The van der Waals surface area contributed by atoms with E-state index in [4.69, 9.17) is 4.42 Å². The lowest BCUT2D eigenvalue weighted by atomic mass is 9.78. The summed E-state index contributed by atoms with van der Waals surface area (Å²) in [7, 11) is 0. The largest absolute Gasteiger partial charge is 0.458 e. The lowest BCUT2D eigenvalue weighted by Crippen LogP contribution is -2.30. The third-order valence-electron chi connectivity index (χ3n) is 5.04. The molecule has 2 atom stereocenters. The Balaban J connectivity index is 1.59. The van der Waals surface area contributed by atoms with Crippen LogP contribution in [0.25, 0.3) is 11.0 Å². The molecule has 2 unspecified atom stereocenters. The molecule has 112 valence electrons. The van der Waals surface area contributed by atoms with Crippen LogP contribution in [0.3, 0.4) is 0 Å². The van der Waals surface area contributed by atoms with Crippen molar-refractivity contribution in [2.75, 3.05) is 6.54 Å². The number of hydrogen-bond acceptors (Lipinski definition) is 2. The topological polar surface area (TPSA) is 25.2 Å². The van der Waals surface area contributed by atoms with Crippen molar-refractivity contribution in [3.05, 3.63) is 35.8 Å². The molecular formula is C18H22FNO. The molecule has 0 saturated heterocycles. The summed E-state index contributed by atoms with van der Waals surface area (Å²) in [6.07, 6.45) is 7.63. The van der Waals surface area contributed by atoms with Crippen LogP contribution in [0, 0.1) is 11.7 Å². The Morgan fingerprint density at radius 3 is 2.81 bits per heavy atom. The normalized spacial score (nSPS) is 26.3. The number of hydrogen-bond donors (Lipinski definition) is 1. The Labute approximate surface area is 124 Å². The van der Waals surface area contributed by atoms with E-state index in [0.717, 1.165) is 23.7 Å². The highest BCUT2D eigenvalue weighted by Gasteiger charge is 2.31. The molecule has 1 N–H and O–H groups in total. The lowest BCUT2D eigenvalue weighted by molar-refractivity contribution is 0.266. The molecule has 0 radical (unpaired) electrons. The van der Waals surface area contributed by atoms with Crippen LogP contribution in [0.4, 0.5) is 4.39 Å². The smallest absolute Gasteiger partial charge is 0.169 e. The van der Waals surface area contributed by atoms with Gasteiger partial charge in [-0.1, -0.05) is 25.0 Å². The Hall–Kier alpha value is -1.35. The fourth-order valence-electron chi connectivity index (χ4n) is 3.66. The van der Waals surface area contributed by atoms with Crippen molar-refractivity contribution in [1.82, 2.24) is 5.32 Å². The van der Waals surface area contributed by atoms with E-state index >= 15 is 0 Å². The quantitative estimate of drug-likeness (QED) is 0.889. The van der Waals surface area contributed by atoms with Gasteiger partial charge in [-0.3, -0.25) is 0 Å². The summed E-state index contributed by atoms with van der Waals surface area (Å²) >= 11 is 0. The van der Waals surface area contributed by atoms with Crippen LogP contribution in [0.5, 0.6) is 0 Å². The summed E-state index contributed by atoms with van der Waals surface area (Å²) in [4.78, 5) is 0. The molecule has 0 bridgehead atoms. The number of benzene rings is 1. The minimum Gasteiger partial charge on any atom is -0.458 e. The standard InChI is InChI=1S/C18H22FNO/c19-16-7-3-5-12-10-17(21-18(12)16)15-6-2-1-4-13(15)11-20-14-8-9-14/h3,5,7,10,13-15,20H,1-2,4,6,8-9,11H2. The number of furan rings is 1. The molecule has 1 aromatic carbocycles. The summed E-state index contributed by atoms with van der Waals surface area (Å²) in [6, 6.07) is 7.97. The SMILES string of the molecule is Fc1cccc2cc(C3CCCCC3CNC3CC3)oc12. The lowest BCUT2D eigenvalue weighted by Gasteiger charge is -2.30. The average molecular weight is 287 g/mol. The Kier molecular flexibility index (Phi) is 3.46. The molecule has 2 nitrogen and oxygen atoms in total. The monoisotopic (exact) mass is 287 g/mol. The number of para-hydroxylation sites is 1. The fourth-order valence-corrected chi connectivity index (χ4v) is 3.66. The second-order valence-corrected chi connectivity index (χ2v) is 6.64. The van der Waals surface area contributed by atoms with Gasteiger partial charge in [0.15, 0.2) is 11.4 Å². The van der Waals surface area contributed by atoms with Crippen molar-refractivity contribution < 1.29 is 8.81 Å². The predicted octanol–water partition coefficient (Wildman–Crippen LogP) is 4.60. The van der Waals surface area contributed by atoms with Crippen LogP contribution in [-0.2, 0) is 0 Å². The number of halogens is 1. The summed E-state index contributed by atoms with van der Waals surface area (Å²) < 4.78 is 19.7. The highest BCUT2D eigenvalue weighted by Crippen LogP contribution is 2.40. The van der Waals surface area contributed by atoms with Crippen molar-refractivity contribution in [3.8, 4) is 0 Å². The minimum atomic E-state index is -0.248. The van der Waals surface area contributed by atoms with Gasteiger partial charge in [-0.05, 0) is 50.3 Å². The van der Waals surface area contributed by atoms with Crippen molar-refractivity contribution in [3.63, 3.8) is 0 Å². The summed E-state index contributed by atoms with van der Waals surface area (Å²) in [5, 5.41) is 4.55. The zero-order chi connectivity index (χ0) is 14.2. The maximum Gasteiger partial charge on any atom is 0.169 e. The van der Waals surface area contributed by atoms with Gasteiger partial charge in [-0.25, -0.2) is 4.39 Å². The van der Waals surface area contributed by atoms with Crippen LogP contribution >= 0.6 is 0 Å². The molecule has 0 spiro atoms. The molecule has 1 heterocycles. The van der Waals surface area contributed by atoms with Crippen LogP contribution < -0.4 is 5.32 Å². The molecule has 2 aliphatic rings. The van der Waals surface area contributed by atoms with E-state index in [-0.39, 0.29) is 5.82 Å². The third kappa shape index (κ3) is 2.71. The number of nitrogens with one attached hydrogen (secondary N) is 1. The molecule has 4 rings (SSSR count). The van der Waals surface area contributed by atoms with E-state index in [1.807, 2.05) is 6.07 Å². The van der Waals surface area contributed by atoms with Gasteiger partial charge in [0.05, 0.1) is 0 Å². The van der Waals surface area contributed by atoms with Gasteiger partial charge in [-0.2, -0.15) is 0 Å². The van der Waals surface area contributed by atoms with Crippen LogP contribution in [0.15, 0.2) is 28.7 Å². The first-order valence-corrected chi connectivity index (χ1v) is 8.22. The van der Waals surface area contributed by atoms with E-state index in [1.54, 1.807) is 6.07 Å². The number of fused-ring (bicyclic) bond motifs is 1. The van der Waals surface area contributed by atoms with Crippen LogP contribution in [-0.4, -0.2) is 12.6 Å². The van der Waals surface area contributed by atoms with Crippen molar-refractivity contribution in [1.29, 1.82) is 0 Å². The van der Waals surface area contributed by atoms with Crippen molar-refractivity contribution >= 4 is 11.0 Å². The van der Waals surface area contributed by atoms with E-state index in [2.05, 4.69) is 11.4 Å². The van der Waals surface area contributed by atoms with Gasteiger partial charge in [0.2, 0.25) is 0 Å². The van der Waals surface area contributed by atoms with Gasteiger partial charge >= 0.3 is 0 Å². The highest BCUT2D eigenvalue weighted by atomic mass is 19.1. The van der Waals surface area contributed by atoms with Gasteiger partial charge in [0.25, 0.3) is 0 Å². The average Bonchev–Trinajstić information content (AvgIpc) is 3.23. The summed E-state index contributed by atoms with van der Waals surface area (Å²) in [5.74, 6) is 1.80. The van der Waals surface area contributed by atoms with Crippen molar-refractivity contribution in [2.24, 2.45) is 5.92 Å². The first kappa shape index (κ1) is 13.3. The van der Waals surface area contributed by atoms with Gasteiger partial charge in [0.1, 0.15) is 5.76 Å². The maximum atomic E-state index is 13.8. The van der Waals surface area contributed by atoms with Crippen molar-refractivity contribution in [2.45, 2.75) is 50.5 Å². The molecule has 2 fully saturated rings. The molecule has 2 aliphatic carbocycles. The van der Waals surface area contributed by atoms with Gasteiger partial charge < -0.3 is 9.73 Å². The Morgan fingerprint density at radius 1 is 1.14 bits per heavy atom. The van der Waals surface area contributed by atoms with Gasteiger partial charge in [-0.15, -0.1) is 0 Å². The highest BCUT2D eigenvalue weighted by molar-refractivity contribution is 5.78. The Bertz CT molecular complexity index is 631. The van der Waals surface area contributed by atoms with E-state index < -0.39 is 0 Å². The summed E-state index contributed by atoms with van der Waals surface area (Å²) in [5.41, 5.74) is 0.423. The molecular weight excluding hydrogens is 265 g/mol. The fraction of sp³-hybridized carbons (Fsp3) is 0.556. The second-order valence-electron chi connectivity index (χ2n) is 6.64. The molecule has 2 saturated carbocycles. The zero-order valence-electron chi connectivity index (χ0n) is 12.3. The predicted molar refractivity (Wildman–Crippen MR) is 81.9 cm³/mol. The second kappa shape index (κ2) is 5.45. The van der Waals surface area contributed by atoms with E-state index in [0.29, 0.717) is 17.4 Å². The molecule has 1 aromatic heterocycles. The molecule has 3 heteroatoms. The third-order valence-corrected chi connectivity index (χ3v) is 5.04. The Morgan fingerprint density at radius 2 is 2.00 bits per heavy atom. The summed E-state index contributed by atoms with van der Waals surface area (Å²) in [6.45, 7) is 1.08. The van der Waals surface area contributed by atoms with E-state index in [9.17, 15) is 4.39 Å². The van der Waals surface area contributed by atoms with Crippen LogP contribution in [0.1, 0.15) is 50.2 Å². The molecule has 0 aliphatic heterocycles. The van der Waals surface area contributed by atoms with Gasteiger partial charge in [0, 0.05) is 17.3 Å². The zero-order valence-corrected chi connectivity index (χ0v) is 12.3. The first-order chi connectivity index (χ1) is 10.3. The number of rotatable bonds is 4.